The number of carbonyl (C=O) groups is 1. The number of pyridine rings is 1. The monoisotopic (exact) mass is 215 g/mol. The molecule has 4 heteroatoms. The van der Waals surface area contributed by atoms with Crippen LogP contribution < -0.4 is 0 Å². The number of rotatable bonds is 2. The first-order valence-corrected chi connectivity index (χ1v) is 4.67. The fourth-order valence-electron chi connectivity index (χ4n) is 1.38. The summed E-state index contributed by atoms with van der Waals surface area (Å²) in [5.74, 6) is -1.57. The summed E-state index contributed by atoms with van der Waals surface area (Å²) in [6.07, 6.45) is 0. The average molecular weight is 215 g/mol. The van der Waals surface area contributed by atoms with E-state index in [2.05, 4.69) is 4.98 Å². The lowest BCUT2D eigenvalue weighted by Gasteiger charge is -2.03. The van der Waals surface area contributed by atoms with Crippen LogP contribution in [0.15, 0.2) is 42.5 Å². The molecule has 80 valence electrons. The Bertz CT molecular complexity index is 523. The Morgan fingerprint density at radius 3 is 2.38 bits per heavy atom. The van der Waals surface area contributed by atoms with Gasteiger partial charge >= 0.3 is 5.97 Å². The fourth-order valence-corrected chi connectivity index (χ4v) is 1.38. The first kappa shape index (κ1) is 10.2. The number of hydrogen-bond acceptors (Lipinski definition) is 3. The molecule has 1 heterocycles. The predicted octanol–water partition coefficient (Wildman–Crippen LogP) is 2.15. The minimum absolute atomic E-state index is 0.327. The second-order valence-corrected chi connectivity index (χ2v) is 3.24. The predicted molar refractivity (Wildman–Crippen MR) is 58.3 cm³/mol. The molecule has 0 bridgehead atoms. The van der Waals surface area contributed by atoms with Gasteiger partial charge < -0.3 is 10.2 Å². The molecule has 2 N–H and O–H groups in total. The zero-order valence-electron chi connectivity index (χ0n) is 8.29. The van der Waals surface area contributed by atoms with Crippen molar-refractivity contribution in [3.8, 4) is 17.0 Å². The van der Waals surface area contributed by atoms with Crippen LogP contribution in [0.4, 0.5) is 0 Å². The van der Waals surface area contributed by atoms with Crippen molar-refractivity contribution in [2.75, 3.05) is 0 Å². The molecule has 1 aromatic carbocycles. The lowest BCUT2D eigenvalue weighted by atomic mass is 10.1. The number of carboxylic acids is 1. The van der Waals surface area contributed by atoms with E-state index in [0.29, 0.717) is 5.69 Å². The van der Waals surface area contributed by atoms with Gasteiger partial charge in [0.2, 0.25) is 0 Å². The van der Waals surface area contributed by atoms with Gasteiger partial charge in [0.05, 0.1) is 5.69 Å². The van der Waals surface area contributed by atoms with Gasteiger partial charge in [-0.15, -0.1) is 0 Å². The summed E-state index contributed by atoms with van der Waals surface area (Å²) in [5.41, 5.74) is 1.00. The maximum absolute atomic E-state index is 10.8. The Morgan fingerprint density at radius 2 is 1.75 bits per heavy atom. The van der Waals surface area contributed by atoms with Crippen molar-refractivity contribution in [2.24, 2.45) is 0 Å². The minimum atomic E-state index is -1.24. The summed E-state index contributed by atoms with van der Waals surface area (Å²) in [5, 5.41) is 18.1. The normalized spacial score (nSPS) is 10.0. The molecular formula is C12H9NO3. The van der Waals surface area contributed by atoms with Crippen molar-refractivity contribution in [3.05, 3.63) is 48.2 Å². The lowest BCUT2D eigenvalue weighted by Crippen LogP contribution is -2.01. The Labute approximate surface area is 91.8 Å². The molecule has 2 rings (SSSR count). The van der Waals surface area contributed by atoms with E-state index in [9.17, 15) is 9.90 Å². The van der Waals surface area contributed by atoms with Crippen molar-refractivity contribution in [1.29, 1.82) is 0 Å². The van der Waals surface area contributed by atoms with E-state index in [1.54, 1.807) is 6.07 Å². The van der Waals surface area contributed by atoms with Crippen molar-refractivity contribution in [1.82, 2.24) is 4.98 Å². The molecule has 16 heavy (non-hydrogen) atoms. The highest BCUT2D eigenvalue weighted by Gasteiger charge is 2.12. The van der Waals surface area contributed by atoms with Gasteiger partial charge in [-0.1, -0.05) is 30.3 Å². The summed E-state index contributed by atoms with van der Waals surface area (Å²) in [6, 6.07) is 12.1. The molecule has 0 spiro atoms. The summed E-state index contributed by atoms with van der Waals surface area (Å²) < 4.78 is 0. The van der Waals surface area contributed by atoms with E-state index in [-0.39, 0.29) is 11.4 Å². The van der Waals surface area contributed by atoms with Gasteiger partial charge in [-0.2, -0.15) is 0 Å². The topological polar surface area (TPSA) is 70.4 Å². The van der Waals surface area contributed by atoms with E-state index in [1.807, 2.05) is 30.3 Å². The summed E-state index contributed by atoms with van der Waals surface area (Å²) in [7, 11) is 0. The van der Waals surface area contributed by atoms with E-state index >= 15 is 0 Å². The molecule has 0 saturated heterocycles. The summed E-state index contributed by atoms with van der Waals surface area (Å²) >= 11 is 0. The number of aromatic nitrogens is 1. The van der Waals surface area contributed by atoms with Gasteiger partial charge in [-0.05, 0) is 12.1 Å². The van der Waals surface area contributed by atoms with Gasteiger partial charge in [-0.25, -0.2) is 9.78 Å². The molecule has 1 aromatic heterocycles. The standard InChI is InChI=1S/C12H9NO3/c14-10-7-6-9(13-11(10)12(15)16)8-4-2-1-3-5-8/h1-7,14H,(H,15,16). The first-order valence-electron chi connectivity index (χ1n) is 4.67. The second-order valence-electron chi connectivity index (χ2n) is 3.24. The number of aromatic carboxylic acids is 1. The SMILES string of the molecule is O=C(O)c1nc(-c2ccccc2)ccc1O. The Morgan fingerprint density at radius 1 is 1.06 bits per heavy atom. The smallest absolute Gasteiger partial charge is 0.358 e. The third-order valence-electron chi connectivity index (χ3n) is 2.15. The zero-order valence-corrected chi connectivity index (χ0v) is 8.29. The van der Waals surface area contributed by atoms with Crippen LogP contribution in [0.3, 0.4) is 0 Å². The van der Waals surface area contributed by atoms with Crippen molar-refractivity contribution in [3.63, 3.8) is 0 Å². The van der Waals surface area contributed by atoms with E-state index in [4.69, 9.17) is 5.11 Å². The van der Waals surface area contributed by atoms with Gasteiger partial charge in [0.1, 0.15) is 5.75 Å². The molecule has 0 radical (unpaired) electrons. The molecule has 2 aromatic rings. The van der Waals surface area contributed by atoms with Gasteiger partial charge in [0.15, 0.2) is 5.69 Å². The highest BCUT2D eigenvalue weighted by Crippen LogP contribution is 2.21. The highest BCUT2D eigenvalue weighted by molar-refractivity contribution is 5.89. The maximum Gasteiger partial charge on any atom is 0.358 e. The van der Waals surface area contributed by atoms with Crippen LogP contribution in [-0.4, -0.2) is 21.2 Å². The van der Waals surface area contributed by atoms with Crippen molar-refractivity contribution in [2.45, 2.75) is 0 Å². The number of hydrogen-bond donors (Lipinski definition) is 2. The van der Waals surface area contributed by atoms with Crippen LogP contribution in [0.2, 0.25) is 0 Å². The van der Waals surface area contributed by atoms with Gasteiger partial charge in [-0.3, -0.25) is 0 Å². The highest BCUT2D eigenvalue weighted by atomic mass is 16.4. The van der Waals surface area contributed by atoms with Crippen LogP contribution in [0, 0.1) is 0 Å². The number of nitrogens with zero attached hydrogens (tertiary/aromatic N) is 1. The third-order valence-corrected chi connectivity index (χ3v) is 2.15. The van der Waals surface area contributed by atoms with E-state index in [0.717, 1.165) is 5.56 Å². The molecule has 0 atom stereocenters. The molecule has 0 fully saturated rings. The molecule has 0 aliphatic rings. The molecule has 0 aliphatic carbocycles. The number of aromatic hydroxyl groups is 1. The van der Waals surface area contributed by atoms with Crippen LogP contribution in [-0.2, 0) is 0 Å². The quantitative estimate of drug-likeness (QED) is 0.805. The molecule has 0 aliphatic heterocycles. The van der Waals surface area contributed by atoms with Crippen LogP contribution in [0.5, 0.6) is 5.75 Å². The zero-order chi connectivity index (χ0) is 11.5. The first-order chi connectivity index (χ1) is 7.68. The van der Waals surface area contributed by atoms with Crippen molar-refractivity contribution < 1.29 is 15.0 Å². The Hall–Kier alpha value is -2.36. The van der Waals surface area contributed by atoms with E-state index in [1.165, 1.54) is 6.07 Å². The minimum Gasteiger partial charge on any atom is -0.505 e. The molecule has 0 amide bonds. The van der Waals surface area contributed by atoms with Gasteiger partial charge in [0.25, 0.3) is 0 Å². The molecule has 0 saturated carbocycles. The maximum atomic E-state index is 10.8. The molecule has 0 unspecified atom stereocenters. The summed E-state index contributed by atoms with van der Waals surface area (Å²) in [6.45, 7) is 0. The van der Waals surface area contributed by atoms with Crippen LogP contribution >= 0.6 is 0 Å². The molecular weight excluding hydrogens is 206 g/mol. The lowest BCUT2D eigenvalue weighted by molar-refractivity contribution is 0.0687. The Balaban J connectivity index is 2.52. The number of benzene rings is 1. The van der Waals surface area contributed by atoms with E-state index < -0.39 is 5.97 Å². The van der Waals surface area contributed by atoms with Gasteiger partial charge in [0, 0.05) is 5.56 Å². The fraction of sp³-hybridized carbons (Fsp3) is 0. The van der Waals surface area contributed by atoms with Crippen LogP contribution in [0.1, 0.15) is 10.5 Å². The van der Waals surface area contributed by atoms with Crippen molar-refractivity contribution >= 4 is 5.97 Å². The molecule has 4 nitrogen and oxygen atoms in total. The van der Waals surface area contributed by atoms with Crippen LogP contribution in [0.25, 0.3) is 11.3 Å². The third kappa shape index (κ3) is 1.86. The summed E-state index contributed by atoms with van der Waals surface area (Å²) in [4.78, 5) is 14.7. The second kappa shape index (κ2) is 4.02. The number of carboxylic acid groups (broad SMARTS) is 1. The Kier molecular flexibility index (Phi) is 2.55. The average Bonchev–Trinajstić information content (AvgIpc) is 2.30. The largest absolute Gasteiger partial charge is 0.505 e.